The van der Waals surface area contributed by atoms with E-state index in [1.807, 2.05) is 74.5 Å². The van der Waals surface area contributed by atoms with Crippen LogP contribution in [0.2, 0.25) is 0 Å². The van der Waals surface area contributed by atoms with Gasteiger partial charge in [0.2, 0.25) is 0 Å². The maximum absolute atomic E-state index is 12.9. The summed E-state index contributed by atoms with van der Waals surface area (Å²) in [6.45, 7) is 15.4. The maximum atomic E-state index is 12.9. The summed E-state index contributed by atoms with van der Waals surface area (Å²) < 4.78 is 34.0. The number of allylic oxidation sites excluding steroid dienone is 4. The summed E-state index contributed by atoms with van der Waals surface area (Å²) in [4.78, 5) is 65.3. The van der Waals surface area contributed by atoms with Crippen molar-refractivity contribution in [3.8, 4) is 0 Å². The fraction of sp³-hybridized carbons (Fsp3) is 0.304. The van der Waals surface area contributed by atoms with Crippen molar-refractivity contribution in [2.75, 3.05) is 39.3 Å². The summed E-state index contributed by atoms with van der Waals surface area (Å²) >= 11 is 0. The molecular weight excluding hydrogens is 919 g/mol. The van der Waals surface area contributed by atoms with E-state index in [4.69, 9.17) is 28.6 Å². The predicted molar refractivity (Wildman–Crippen MR) is 233 cm³/mol. The van der Waals surface area contributed by atoms with Crippen LogP contribution in [0.3, 0.4) is 0 Å². The van der Waals surface area contributed by atoms with Gasteiger partial charge < -0.3 is 31.5 Å². The third-order valence-electron chi connectivity index (χ3n) is 9.52. The Kier molecular flexibility index (Phi) is 22.8. The number of hydrogen-bond donors (Lipinski definition) is 2. The molecule has 0 bridgehead atoms. The number of para-hydroxylation sites is 4. The number of aryl methyl sites for hydroxylation is 2. The van der Waals surface area contributed by atoms with Crippen LogP contribution in [0.25, 0.3) is 54.8 Å². The average Bonchev–Trinajstić information content (AvgIpc) is 3.24. The van der Waals surface area contributed by atoms with Gasteiger partial charge in [-0.05, 0) is 113 Å². The first kappa shape index (κ1) is 56.1. The number of Topliss-reactive ketones (excluding diaryl/α,β-unsaturated/α-hetero) is 2. The monoisotopic (exact) mass is 968 g/mol. The zero-order chi connectivity index (χ0) is 48.4. The molecule has 0 saturated heterocycles. The number of nitrogens with zero attached hydrogens (tertiary/aromatic N) is 6. The number of carbonyl (C=O) groups excluding carboxylic acids is 4. The fourth-order valence-corrected chi connectivity index (χ4v) is 5.63. The van der Waals surface area contributed by atoms with E-state index in [2.05, 4.69) is 31.2 Å². The minimum absolute atomic E-state index is 0. The van der Waals surface area contributed by atoms with Crippen LogP contribution in [0.15, 0.2) is 95.5 Å². The van der Waals surface area contributed by atoms with Gasteiger partial charge in [0, 0.05) is 0 Å². The second-order valence-electron chi connectivity index (χ2n) is 14.4. The van der Waals surface area contributed by atoms with Gasteiger partial charge in [-0.1, -0.05) is 50.2 Å². The molecule has 352 valence electrons. The number of carbonyl (C=O) groups is 4. The van der Waals surface area contributed by atoms with Gasteiger partial charge in [0.25, 0.3) is 11.8 Å². The third-order valence-corrected chi connectivity index (χ3v) is 9.52. The van der Waals surface area contributed by atoms with Crippen molar-refractivity contribution < 1.29 is 75.0 Å². The van der Waals surface area contributed by atoms with Crippen LogP contribution in [0.4, 0.5) is 0 Å². The normalized spacial score (nSPS) is 11.6. The molecule has 66 heavy (non-hydrogen) atoms. The molecule has 2 N–H and O–H groups in total. The van der Waals surface area contributed by atoms with Crippen LogP contribution in [0.5, 0.6) is 0 Å². The number of halogens is 1. The van der Waals surface area contributed by atoms with Crippen LogP contribution < -0.4 is 39.5 Å². The Morgan fingerprint density at radius 2 is 0.803 bits per heavy atom. The SMILES string of the molecule is CC(=O)/C(C)=C(/C)[O-].CC(=O)/C(C)=C(/C)[O-].Cc1cccc2nc3cccc(C(=O)NCC[N-]CC[N-]CCNC(=O)c4cccc5nc6cccc(C)c6nc45)c3nc12.[Co+3].[O-][Cl+3]([O-])([O-])[O-]. The molecule has 0 aliphatic rings. The van der Waals surface area contributed by atoms with Crippen molar-refractivity contribution in [2.24, 2.45) is 0 Å². The Hall–Kier alpha value is -6.00. The largest absolute Gasteiger partial charge is 3.00 e. The van der Waals surface area contributed by atoms with E-state index < -0.39 is 10.2 Å². The predicted octanol–water partition coefficient (Wildman–Crippen LogP) is 1.10. The van der Waals surface area contributed by atoms with Crippen molar-refractivity contribution in [3.05, 3.63) is 128 Å². The third kappa shape index (κ3) is 17.8. The number of nitrogens with one attached hydrogen (secondary N) is 2. The Morgan fingerprint density at radius 3 is 1.09 bits per heavy atom. The minimum Gasteiger partial charge on any atom is -0.875 e. The van der Waals surface area contributed by atoms with Gasteiger partial charge in [0.1, 0.15) is 11.0 Å². The Bertz CT molecular complexity index is 2530. The van der Waals surface area contributed by atoms with Crippen molar-refractivity contribution >= 4 is 67.5 Å². The van der Waals surface area contributed by atoms with Gasteiger partial charge in [-0.2, -0.15) is 13.1 Å². The first-order valence-electron chi connectivity index (χ1n) is 20.1. The van der Waals surface area contributed by atoms with Crippen molar-refractivity contribution in [2.45, 2.75) is 55.4 Å². The average molecular weight is 969 g/mol. The van der Waals surface area contributed by atoms with E-state index in [0.717, 1.165) is 33.2 Å². The molecule has 0 unspecified atom stereocenters. The molecular formula is C46H50ClCoN8O10-2. The molecule has 0 atom stereocenters. The Balaban J connectivity index is 0.000000566. The van der Waals surface area contributed by atoms with Gasteiger partial charge in [0.05, 0.1) is 44.2 Å². The summed E-state index contributed by atoms with van der Waals surface area (Å²) in [5, 5.41) is 35.4. The van der Waals surface area contributed by atoms with Crippen LogP contribution in [-0.2, 0) is 26.4 Å². The van der Waals surface area contributed by atoms with E-state index in [1.165, 1.54) is 41.5 Å². The van der Waals surface area contributed by atoms with Crippen LogP contribution in [-0.4, -0.2) is 82.6 Å². The Morgan fingerprint density at radius 1 is 0.500 bits per heavy atom. The summed E-state index contributed by atoms with van der Waals surface area (Å²) in [7, 11) is -4.94. The Labute approximate surface area is 394 Å². The van der Waals surface area contributed by atoms with Crippen molar-refractivity contribution in [3.63, 3.8) is 0 Å². The van der Waals surface area contributed by atoms with Crippen LogP contribution >= 0.6 is 0 Å². The van der Waals surface area contributed by atoms with Crippen LogP contribution in [0, 0.1) is 24.1 Å². The molecule has 0 radical (unpaired) electrons. The van der Waals surface area contributed by atoms with Gasteiger partial charge in [0.15, 0.2) is 11.6 Å². The number of aromatic nitrogens is 4. The summed E-state index contributed by atoms with van der Waals surface area (Å²) in [6, 6.07) is 22.6. The smallest absolute Gasteiger partial charge is 0.875 e. The number of ketones is 2. The van der Waals surface area contributed by atoms with Gasteiger partial charge in [-0.15, -0.1) is 34.9 Å². The van der Waals surface area contributed by atoms with E-state index in [1.54, 1.807) is 12.1 Å². The molecule has 0 aliphatic heterocycles. The summed E-state index contributed by atoms with van der Waals surface area (Å²) in [6.07, 6.45) is 0. The molecule has 2 aromatic heterocycles. The van der Waals surface area contributed by atoms with Gasteiger partial charge >= 0.3 is 16.8 Å². The molecule has 0 saturated carbocycles. The maximum Gasteiger partial charge on any atom is 3.00 e. The molecule has 2 heterocycles. The molecule has 0 spiro atoms. The number of rotatable bonds is 13. The minimum atomic E-state index is -4.94. The van der Waals surface area contributed by atoms with Gasteiger partial charge in [-0.3, -0.25) is 19.2 Å². The molecule has 6 aromatic rings. The standard InChI is InChI=1S/C34H32N8O2.2C6H10O2.ClHO4.Co/c1-21-7-3-11-25-29(21)41-31-23(9-5-13-27(31)39-25)33(43)37-19-17-35-15-16-36-18-20-38-34(44)24-10-6-14-28-32(24)42-30-22(2)8-4-12-26(30)40-28;2*1-4(5(2)7)6(3)8;2-1(3,4)5;/h3-14H,15-20H2,1-2H3,(H,37,43)(H,38,44);2*7H,1-3H3;(H,2,3,4,5);/q-2;;;;+3/p-3/b;2*5-4-;;. The molecule has 2 amide bonds. The first-order valence-corrected chi connectivity index (χ1v) is 21.3. The van der Waals surface area contributed by atoms with Crippen LogP contribution in [0.1, 0.15) is 73.4 Å². The van der Waals surface area contributed by atoms with E-state index >= 15 is 0 Å². The second kappa shape index (κ2) is 26.8. The second-order valence-corrected chi connectivity index (χ2v) is 15.1. The molecule has 4 aromatic carbocycles. The number of benzene rings is 4. The molecule has 20 heteroatoms. The topological polar surface area (TPSA) is 310 Å². The van der Waals surface area contributed by atoms with Crippen molar-refractivity contribution in [1.82, 2.24) is 30.6 Å². The summed E-state index contributed by atoms with van der Waals surface area (Å²) in [5.41, 5.74) is 9.44. The number of hydrogen-bond acceptors (Lipinski definition) is 14. The molecule has 0 aliphatic carbocycles. The molecule has 6 rings (SSSR count). The quantitative estimate of drug-likeness (QED) is 0.0709. The van der Waals surface area contributed by atoms with Gasteiger partial charge in [-0.25, -0.2) is 38.6 Å². The first-order chi connectivity index (χ1) is 30.6. The molecule has 18 nitrogen and oxygen atoms in total. The van der Waals surface area contributed by atoms with E-state index in [-0.39, 0.29) is 51.7 Å². The van der Waals surface area contributed by atoms with E-state index in [0.29, 0.717) is 83.6 Å². The number of amides is 2. The molecule has 0 fully saturated rings. The van der Waals surface area contributed by atoms with E-state index in [9.17, 15) is 29.4 Å². The zero-order valence-corrected chi connectivity index (χ0v) is 39.4. The summed E-state index contributed by atoms with van der Waals surface area (Å²) in [5.74, 6) is -0.965. The van der Waals surface area contributed by atoms with Crippen molar-refractivity contribution in [1.29, 1.82) is 0 Å². The number of fused-ring (bicyclic) bond motifs is 4. The fourth-order valence-electron chi connectivity index (χ4n) is 5.63. The zero-order valence-electron chi connectivity index (χ0n) is 37.6.